The van der Waals surface area contributed by atoms with Crippen LogP contribution >= 0.6 is 0 Å². The second-order valence-corrected chi connectivity index (χ2v) is 4.81. The maximum Gasteiger partial charge on any atom is 0.293 e. The van der Waals surface area contributed by atoms with Gasteiger partial charge in [-0.05, 0) is 37.6 Å². The molecule has 0 unspecified atom stereocenters. The first-order chi connectivity index (χ1) is 10.1. The van der Waals surface area contributed by atoms with E-state index in [1.54, 1.807) is 18.4 Å². The standard InChI is InChI=1S/C15H16N2O4/c1-11(4-6-13-3-2-8-21-13)16-14-7-5-12(10-18)9-15(14)17(19)20/h2-3,5,7-11,16H,4,6H2,1H3/t11-/m0/s1. The third-order valence-electron chi connectivity index (χ3n) is 3.16. The molecule has 1 N–H and O–H groups in total. The van der Waals surface area contributed by atoms with Crippen molar-refractivity contribution in [2.75, 3.05) is 5.32 Å². The van der Waals surface area contributed by atoms with E-state index in [1.165, 1.54) is 6.07 Å². The molecule has 0 aliphatic heterocycles. The fraction of sp³-hybridized carbons (Fsp3) is 0.267. The molecule has 1 aromatic carbocycles. The molecule has 1 atom stereocenters. The lowest BCUT2D eigenvalue weighted by Crippen LogP contribution is -2.17. The van der Waals surface area contributed by atoms with E-state index in [1.807, 2.05) is 19.1 Å². The number of nitrogens with zero attached hydrogens (tertiary/aromatic N) is 1. The number of rotatable bonds is 7. The molecule has 0 saturated heterocycles. The molecule has 0 radical (unpaired) electrons. The molecule has 0 bridgehead atoms. The lowest BCUT2D eigenvalue weighted by atomic mass is 10.1. The SMILES string of the molecule is C[C@@H](CCc1ccco1)Nc1ccc(C=O)cc1[N+](=O)[O-]. The Bertz CT molecular complexity index is 623. The number of hydrogen-bond acceptors (Lipinski definition) is 5. The van der Waals surface area contributed by atoms with Crippen molar-refractivity contribution < 1.29 is 14.1 Å². The van der Waals surface area contributed by atoms with Gasteiger partial charge >= 0.3 is 0 Å². The summed E-state index contributed by atoms with van der Waals surface area (Å²) < 4.78 is 5.25. The van der Waals surface area contributed by atoms with Crippen molar-refractivity contribution in [3.05, 3.63) is 58.0 Å². The molecule has 110 valence electrons. The maximum atomic E-state index is 11.1. The first kappa shape index (κ1) is 14.8. The van der Waals surface area contributed by atoms with Crippen molar-refractivity contribution in [2.24, 2.45) is 0 Å². The number of carbonyl (C=O) groups excluding carboxylic acids is 1. The van der Waals surface area contributed by atoms with Gasteiger partial charge in [0.25, 0.3) is 5.69 Å². The van der Waals surface area contributed by atoms with Gasteiger partial charge in [-0.25, -0.2) is 0 Å². The molecule has 0 spiro atoms. The first-order valence-electron chi connectivity index (χ1n) is 6.62. The third-order valence-corrected chi connectivity index (χ3v) is 3.16. The molecule has 0 amide bonds. The molecule has 0 aliphatic rings. The van der Waals surface area contributed by atoms with Crippen LogP contribution in [0.1, 0.15) is 29.5 Å². The second-order valence-electron chi connectivity index (χ2n) is 4.81. The van der Waals surface area contributed by atoms with Gasteiger partial charge in [0.15, 0.2) is 0 Å². The van der Waals surface area contributed by atoms with Crippen LogP contribution in [0.2, 0.25) is 0 Å². The quantitative estimate of drug-likeness (QED) is 0.479. The van der Waals surface area contributed by atoms with Crippen LogP contribution in [0.3, 0.4) is 0 Å². The van der Waals surface area contributed by atoms with Crippen LogP contribution < -0.4 is 5.32 Å². The number of carbonyl (C=O) groups is 1. The van der Waals surface area contributed by atoms with Crippen LogP contribution in [0.5, 0.6) is 0 Å². The van der Waals surface area contributed by atoms with Gasteiger partial charge in [0.2, 0.25) is 0 Å². The van der Waals surface area contributed by atoms with E-state index in [9.17, 15) is 14.9 Å². The fourth-order valence-electron chi connectivity index (χ4n) is 2.05. The summed E-state index contributed by atoms with van der Waals surface area (Å²) in [6, 6.07) is 8.15. The van der Waals surface area contributed by atoms with E-state index >= 15 is 0 Å². The highest BCUT2D eigenvalue weighted by Gasteiger charge is 2.16. The van der Waals surface area contributed by atoms with Crippen LogP contribution in [0, 0.1) is 10.1 Å². The van der Waals surface area contributed by atoms with Crippen LogP contribution in [0.4, 0.5) is 11.4 Å². The van der Waals surface area contributed by atoms with Gasteiger partial charge in [-0.15, -0.1) is 0 Å². The zero-order chi connectivity index (χ0) is 15.2. The Morgan fingerprint density at radius 3 is 2.86 bits per heavy atom. The summed E-state index contributed by atoms with van der Waals surface area (Å²) in [7, 11) is 0. The van der Waals surface area contributed by atoms with E-state index in [0.717, 1.165) is 18.6 Å². The van der Waals surface area contributed by atoms with Crippen molar-refractivity contribution >= 4 is 17.7 Å². The average molecular weight is 288 g/mol. The highest BCUT2D eigenvalue weighted by molar-refractivity contribution is 5.79. The van der Waals surface area contributed by atoms with E-state index in [0.29, 0.717) is 12.0 Å². The van der Waals surface area contributed by atoms with Crippen LogP contribution in [-0.2, 0) is 6.42 Å². The van der Waals surface area contributed by atoms with Gasteiger partial charge in [-0.1, -0.05) is 0 Å². The molecule has 1 aromatic heterocycles. The number of nitro groups is 1. The van der Waals surface area contributed by atoms with E-state index < -0.39 is 4.92 Å². The van der Waals surface area contributed by atoms with Crippen molar-refractivity contribution in [1.82, 2.24) is 0 Å². The normalized spacial score (nSPS) is 11.9. The summed E-state index contributed by atoms with van der Waals surface area (Å²) in [4.78, 5) is 21.3. The number of furan rings is 1. The third kappa shape index (κ3) is 3.92. The Kier molecular flexibility index (Phi) is 4.71. The molecule has 0 fully saturated rings. The fourth-order valence-corrected chi connectivity index (χ4v) is 2.05. The molecule has 6 heteroatoms. The second kappa shape index (κ2) is 6.69. The van der Waals surface area contributed by atoms with Crippen LogP contribution in [0.25, 0.3) is 0 Å². The minimum absolute atomic E-state index is 0.0379. The van der Waals surface area contributed by atoms with Gasteiger partial charge in [-0.2, -0.15) is 0 Å². The summed E-state index contributed by atoms with van der Waals surface area (Å²) in [5.41, 5.74) is 0.609. The average Bonchev–Trinajstić information content (AvgIpc) is 2.98. The zero-order valence-corrected chi connectivity index (χ0v) is 11.6. The molecule has 6 nitrogen and oxygen atoms in total. The molecule has 1 heterocycles. The predicted molar refractivity (Wildman–Crippen MR) is 78.6 cm³/mol. The summed E-state index contributed by atoms with van der Waals surface area (Å²) >= 11 is 0. The summed E-state index contributed by atoms with van der Waals surface area (Å²) in [5, 5.41) is 14.2. The van der Waals surface area contributed by atoms with Crippen LogP contribution in [0.15, 0.2) is 41.0 Å². The van der Waals surface area contributed by atoms with Gasteiger partial charge in [0.05, 0.1) is 11.2 Å². The largest absolute Gasteiger partial charge is 0.469 e. The van der Waals surface area contributed by atoms with Gasteiger partial charge in [-0.3, -0.25) is 14.9 Å². The molecular weight excluding hydrogens is 272 g/mol. The number of aryl methyl sites for hydroxylation is 1. The Hall–Kier alpha value is -2.63. The highest BCUT2D eigenvalue weighted by Crippen LogP contribution is 2.26. The van der Waals surface area contributed by atoms with E-state index in [2.05, 4.69) is 5.32 Å². The number of hydrogen-bond donors (Lipinski definition) is 1. The molecule has 21 heavy (non-hydrogen) atoms. The van der Waals surface area contributed by atoms with Crippen molar-refractivity contribution in [3.63, 3.8) is 0 Å². The van der Waals surface area contributed by atoms with Crippen molar-refractivity contribution in [1.29, 1.82) is 0 Å². The zero-order valence-electron chi connectivity index (χ0n) is 11.6. The Morgan fingerprint density at radius 1 is 1.43 bits per heavy atom. The Balaban J connectivity index is 2.04. The van der Waals surface area contributed by atoms with Crippen molar-refractivity contribution in [2.45, 2.75) is 25.8 Å². The van der Waals surface area contributed by atoms with E-state index in [-0.39, 0.29) is 17.3 Å². The monoisotopic (exact) mass is 288 g/mol. The minimum atomic E-state index is -0.491. The van der Waals surface area contributed by atoms with E-state index in [4.69, 9.17) is 4.42 Å². The highest BCUT2D eigenvalue weighted by atomic mass is 16.6. The Labute approximate surface area is 121 Å². The lowest BCUT2D eigenvalue weighted by Gasteiger charge is -2.14. The molecule has 0 saturated carbocycles. The van der Waals surface area contributed by atoms with Crippen LogP contribution in [-0.4, -0.2) is 17.3 Å². The molecule has 0 aliphatic carbocycles. The minimum Gasteiger partial charge on any atom is -0.469 e. The van der Waals surface area contributed by atoms with Gasteiger partial charge in [0, 0.05) is 24.1 Å². The number of nitro benzene ring substituents is 1. The van der Waals surface area contributed by atoms with Crippen molar-refractivity contribution in [3.8, 4) is 0 Å². The summed E-state index contributed by atoms with van der Waals surface area (Å²) in [5.74, 6) is 0.884. The topological polar surface area (TPSA) is 85.4 Å². The molecular formula is C15H16N2O4. The molecule has 2 aromatic rings. The molecule has 2 rings (SSSR count). The number of aldehydes is 1. The number of anilines is 1. The first-order valence-corrected chi connectivity index (χ1v) is 6.62. The number of nitrogens with one attached hydrogen (secondary N) is 1. The summed E-state index contributed by atoms with van der Waals surface area (Å²) in [6.45, 7) is 1.94. The van der Waals surface area contributed by atoms with Gasteiger partial charge in [0.1, 0.15) is 17.7 Å². The number of benzene rings is 1. The predicted octanol–water partition coefficient (Wildman–Crippen LogP) is 3.43. The lowest BCUT2D eigenvalue weighted by molar-refractivity contribution is -0.384. The smallest absolute Gasteiger partial charge is 0.293 e. The maximum absolute atomic E-state index is 11.1. The van der Waals surface area contributed by atoms with Gasteiger partial charge < -0.3 is 9.73 Å². The summed E-state index contributed by atoms with van der Waals surface area (Å²) in [6.07, 6.45) is 3.75. The Morgan fingerprint density at radius 2 is 2.24 bits per heavy atom.